The largest absolute Gasteiger partial charge is 0.395 e. The van der Waals surface area contributed by atoms with Gasteiger partial charge in [-0.1, -0.05) is 0 Å². The maximum atomic E-state index is 11.0. The number of hydrogen-bond donors (Lipinski definition) is 1. The van der Waals surface area contributed by atoms with Crippen LogP contribution in [0.2, 0.25) is 0 Å². The molecule has 0 aromatic carbocycles. The van der Waals surface area contributed by atoms with Crippen molar-refractivity contribution < 1.29 is 10.0 Å². The Bertz CT molecular complexity index is 371. The molecule has 6 heteroatoms. The topological polar surface area (TPSA) is 85.4 Å². The summed E-state index contributed by atoms with van der Waals surface area (Å²) in [6.45, 7) is -0.151. The molecule has 1 N–H and O–H groups in total. The second-order valence-corrected chi connectivity index (χ2v) is 2.40. The molecule has 6 nitrogen and oxygen atoms in total. The van der Waals surface area contributed by atoms with Gasteiger partial charge in [0.05, 0.1) is 17.7 Å². The number of aromatic nitrogens is 1. The number of rotatable bonds is 3. The lowest BCUT2D eigenvalue weighted by atomic mass is 10.4. The maximum absolute atomic E-state index is 11.0. The van der Waals surface area contributed by atoms with Crippen molar-refractivity contribution in [2.45, 2.75) is 6.54 Å². The summed E-state index contributed by atoms with van der Waals surface area (Å²) in [7, 11) is 0. The van der Waals surface area contributed by atoms with Crippen LogP contribution in [-0.2, 0) is 6.54 Å². The highest BCUT2D eigenvalue weighted by molar-refractivity contribution is 5.24. The van der Waals surface area contributed by atoms with E-state index >= 15 is 0 Å². The highest BCUT2D eigenvalue weighted by Crippen LogP contribution is 2.05. The van der Waals surface area contributed by atoms with Gasteiger partial charge in [-0.3, -0.25) is 14.9 Å². The normalized spacial score (nSPS) is 9.92. The fourth-order valence-electron chi connectivity index (χ4n) is 0.909. The molecular formula is C7H8N2O4. The van der Waals surface area contributed by atoms with Gasteiger partial charge < -0.3 is 9.67 Å². The highest BCUT2D eigenvalue weighted by atomic mass is 16.6. The number of nitro groups is 1. The SMILES string of the molecule is O=c1ccc([N+](=O)[O-])cn1CCO. The molecule has 1 aromatic heterocycles. The Labute approximate surface area is 73.2 Å². The molecule has 0 atom stereocenters. The van der Waals surface area contributed by atoms with Crippen molar-refractivity contribution in [1.82, 2.24) is 4.57 Å². The van der Waals surface area contributed by atoms with Crippen LogP contribution in [-0.4, -0.2) is 21.2 Å². The molecule has 0 radical (unpaired) electrons. The van der Waals surface area contributed by atoms with E-state index in [1.54, 1.807) is 0 Å². The van der Waals surface area contributed by atoms with Crippen LogP contribution in [0.25, 0.3) is 0 Å². The van der Waals surface area contributed by atoms with Crippen molar-refractivity contribution in [3.05, 3.63) is 38.8 Å². The lowest BCUT2D eigenvalue weighted by molar-refractivity contribution is -0.385. The van der Waals surface area contributed by atoms with Crippen molar-refractivity contribution >= 4 is 5.69 Å². The van der Waals surface area contributed by atoms with Crippen molar-refractivity contribution in [1.29, 1.82) is 0 Å². The van der Waals surface area contributed by atoms with Gasteiger partial charge in [-0.15, -0.1) is 0 Å². The Kier molecular flexibility index (Phi) is 2.76. The van der Waals surface area contributed by atoms with Crippen LogP contribution >= 0.6 is 0 Å². The van der Waals surface area contributed by atoms with Crippen LogP contribution in [0.4, 0.5) is 5.69 Å². The van der Waals surface area contributed by atoms with Gasteiger partial charge in [0.25, 0.3) is 11.2 Å². The molecule has 1 aromatic rings. The third-order valence-corrected chi connectivity index (χ3v) is 1.52. The predicted molar refractivity (Wildman–Crippen MR) is 44.4 cm³/mol. The molecule has 0 aliphatic rings. The van der Waals surface area contributed by atoms with Gasteiger partial charge in [0.2, 0.25) is 0 Å². The van der Waals surface area contributed by atoms with Crippen molar-refractivity contribution in [3.8, 4) is 0 Å². The van der Waals surface area contributed by atoms with Gasteiger partial charge in [-0.05, 0) is 0 Å². The lowest BCUT2D eigenvalue weighted by Crippen LogP contribution is -2.20. The zero-order chi connectivity index (χ0) is 9.84. The lowest BCUT2D eigenvalue weighted by Gasteiger charge is -2.00. The second kappa shape index (κ2) is 3.81. The standard InChI is InChI=1S/C7H8N2O4/c10-4-3-8-5-6(9(12)13)1-2-7(8)11/h1-2,5,10H,3-4H2. The molecule has 13 heavy (non-hydrogen) atoms. The Morgan fingerprint density at radius 3 is 2.77 bits per heavy atom. The third-order valence-electron chi connectivity index (χ3n) is 1.52. The first-order valence-corrected chi connectivity index (χ1v) is 3.61. The molecule has 0 saturated heterocycles. The van der Waals surface area contributed by atoms with E-state index in [0.29, 0.717) is 0 Å². The van der Waals surface area contributed by atoms with Crippen LogP contribution in [0.5, 0.6) is 0 Å². The van der Waals surface area contributed by atoms with Crippen LogP contribution in [0.15, 0.2) is 23.1 Å². The van der Waals surface area contributed by atoms with Gasteiger partial charge in [-0.2, -0.15) is 0 Å². The summed E-state index contributed by atoms with van der Waals surface area (Å²) in [6.07, 6.45) is 1.11. The van der Waals surface area contributed by atoms with Crippen LogP contribution in [0.3, 0.4) is 0 Å². The van der Waals surface area contributed by atoms with E-state index in [2.05, 4.69) is 0 Å². The second-order valence-electron chi connectivity index (χ2n) is 2.40. The highest BCUT2D eigenvalue weighted by Gasteiger charge is 2.06. The van der Waals surface area contributed by atoms with Gasteiger partial charge in [-0.25, -0.2) is 0 Å². The van der Waals surface area contributed by atoms with Crippen molar-refractivity contribution in [2.75, 3.05) is 6.61 Å². The summed E-state index contributed by atoms with van der Waals surface area (Å²) < 4.78 is 1.10. The van der Waals surface area contributed by atoms with E-state index < -0.39 is 4.92 Å². The fraction of sp³-hybridized carbons (Fsp3) is 0.286. The monoisotopic (exact) mass is 184 g/mol. The quantitative estimate of drug-likeness (QED) is 0.518. The van der Waals surface area contributed by atoms with Gasteiger partial charge in [0, 0.05) is 18.7 Å². The third kappa shape index (κ3) is 2.12. The molecule has 1 heterocycles. The molecule has 0 aliphatic carbocycles. The summed E-state index contributed by atoms with van der Waals surface area (Å²) in [6, 6.07) is 2.24. The first-order valence-electron chi connectivity index (χ1n) is 3.61. The average Bonchev–Trinajstić information content (AvgIpc) is 2.08. The smallest absolute Gasteiger partial charge is 0.285 e. The van der Waals surface area contributed by atoms with E-state index in [9.17, 15) is 14.9 Å². The van der Waals surface area contributed by atoms with Crippen molar-refractivity contribution in [2.24, 2.45) is 0 Å². The van der Waals surface area contributed by atoms with Crippen molar-refractivity contribution in [3.63, 3.8) is 0 Å². The molecule has 0 unspecified atom stereocenters. The predicted octanol–water partition coefficient (Wildman–Crippen LogP) is -0.251. The zero-order valence-electron chi connectivity index (χ0n) is 6.71. The summed E-state index contributed by atoms with van der Waals surface area (Å²) in [5.41, 5.74) is -0.521. The van der Waals surface area contributed by atoms with Gasteiger partial charge in [0.1, 0.15) is 0 Å². The van der Waals surface area contributed by atoms with E-state index in [-0.39, 0.29) is 24.4 Å². The average molecular weight is 184 g/mol. The summed E-state index contributed by atoms with van der Waals surface area (Å²) in [5.74, 6) is 0. The minimum Gasteiger partial charge on any atom is -0.395 e. The van der Waals surface area contributed by atoms with Gasteiger partial charge >= 0.3 is 0 Å². The molecule has 0 spiro atoms. The number of nitrogens with zero attached hydrogens (tertiary/aromatic N) is 2. The fourth-order valence-corrected chi connectivity index (χ4v) is 0.909. The molecule has 70 valence electrons. The first-order chi connectivity index (χ1) is 6.15. The Morgan fingerprint density at radius 2 is 2.23 bits per heavy atom. The number of aliphatic hydroxyl groups is 1. The maximum Gasteiger partial charge on any atom is 0.285 e. The van der Waals surface area contributed by atoms with Gasteiger partial charge in [0.15, 0.2) is 0 Å². The number of hydrogen-bond acceptors (Lipinski definition) is 4. The number of aliphatic hydroxyl groups excluding tert-OH is 1. The Balaban J connectivity index is 3.11. The Hall–Kier alpha value is -1.69. The molecule has 0 saturated carbocycles. The van der Waals surface area contributed by atoms with Crippen LogP contribution in [0, 0.1) is 10.1 Å². The molecule has 0 fully saturated rings. The van der Waals surface area contributed by atoms with E-state index in [1.807, 2.05) is 0 Å². The molecular weight excluding hydrogens is 176 g/mol. The zero-order valence-corrected chi connectivity index (χ0v) is 6.71. The van der Waals surface area contributed by atoms with E-state index in [0.717, 1.165) is 22.9 Å². The number of pyridine rings is 1. The minimum absolute atomic E-state index is 0.0700. The van der Waals surface area contributed by atoms with Crippen LogP contribution in [0.1, 0.15) is 0 Å². The molecule has 0 bridgehead atoms. The summed E-state index contributed by atoms with van der Waals surface area (Å²) in [4.78, 5) is 20.7. The summed E-state index contributed by atoms with van der Waals surface area (Å²) in [5, 5.41) is 18.8. The van der Waals surface area contributed by atoms with Crippen LogP contribution < -0.4 is 5.56 Å². The minimum atomic E-state index is -0.590. The molecule has 1 rings (SSSR count). The van der Waals surface area contributed by atoms with E-state index in [1.165, 1.54) is 0 Å². The Morgan fingerprint density at radius 1 is 1.54 bits per heavy atom. The molecule has 0 amide bonds. The molecule has 0 aliphatic heterocycles. The van der Waals surface area contributed by atoms with E-state index in [4.69, 9.17) is 5.11 Å². The first kappa shape index (κ1) is 9.40. The summed E-state index contributed by atoms with van der Waals surface area (Å²) >= 11 is 0.